The van der Waals surface area contributed by atoms with Gasteiger partial charge in [0.1, 0.15) is 11.9 Å². The van der Waals surface area contributed by atoms with Gasteiger partial charge in [-0.15, -0.1) is 0 Å². The summed E-state index contributed by atoms with van der Waals surface area (Å²) in [6, 6.07) is 4.71. The number of pyridine rings is 1. The summed E-state index contributed by atoms with van der Waals surface area (Å²) in [5, 5.41) is 13.8. The Bertz CT molecular complexity index is 760. The largest absolute Gasteiger partial charge is 0.353 e. The van der Waals surface area contributed by atoms with Gasteiger partial charge >= 0.3 is 0 Å². The van der Waals surface area contributed by atoms with Crippen LogP contribution in [-0.2, 0) is 12.8 Å². The summed E-state index contributed by atoms with van der Waals surface area (Å²) < 4.78 is 3.00. The van der Waals surface area contributed by atoms with E-state index in [0.717, 1.165) is 49.1 Å². The van der Waals surface area contributed by atoms with Crippen LogP contribution in [0, 0.1) is 11.3 Å². The monoisotopic (exact) mass is 357 g/mol. The van der Waals surface area contributed by atoms with Crippen LogP contribution in [0.25, 0.3) is 0 Å². The lowest BCUT2D eigenvalue weighted by atomic mass is 10.1. The van der Waals surface area contributed by atoms with E-state index in [1.807, 2.05) is 23.1 Å². The van der Waals surface area contributed by atoms with Crippen molar-refractivity contribution in [2.75, 3.05) is 18.0 Å². The zero-order chi connectivity index (χ0) is 15.1. The second kappa shape index (κ2) is 5.40. The van der Waals surface area contributed by atoms with Crippen LogP contribution in [0.4, 0.5) is 5.82 Å². The first-order chi connectivity index (χ1) is 10.7. The number of aryl methyl sites for hydroxylation is 2. The van der Waals surface area contributed by atoms with E-state index in [9.17, 15) is 5.26 Å². The number of nitriles is 1. The van der Waals surface area contributed by atoms with Crippen LogP contribution in [0.2, 0.25) is 0 Å². The number of hydrogen-bond donors (Lipinski definition) is 0. The van der Waals surface area contributed by atoms with Gasteiger partial charge in [0.15, 0.2) is 0 Å². The minimum Gasteiger partial charge on any atom is -0.353 e. The lowest BCUT2D eigenvalue weighted by Gasteiger charge is -2.20. The van der Waals surface area contributed by atoms with E-state index in [1.165, 1.54) is 11.3 Å². The van der Waals surface area contributed by atoms with Crippen molar-refractivity contribution in [3.63, 3.8) is 0 Å². The molecule has 112 valence electrons. The van der Waals surface area contributed by atoms with Crippen molar-refractivity contribution in [2.24, 2.45) is 0 Å². The fourth-order valence-corrected chi connectivity index (χ4v) is 3.75. The van der Waals surface area contributed by atoms with E-state index < -0.39 is 0 Å². The molecule has 5 nitrogen and oxygen atoms in total. The number of aromatic nitrogens is 3. The smallest absolute Gasteiger partial charge is 0.146 e. The molecular formula is C16H16BrN5. The lowest BCUT2D eigenvalue weighted by molar-refractivity contribution is 0.494. The molecule has 0 aromatic carbocycles. The molecule has 0 spiro atoms. The first-order valence-corrected chi connectivity index (χ1v) is 8.41. The zero-order valence-electron chi connectivity index (χ0n) is 12.2. The van der Waals surface area contributed by atoms with Gasteiger partial charge in [0.25, 0.3) is 0 Å². The van der Waals surface area contributed by atoms with E-state index in [-0.39, 0.29) is 0 Å². The fourth-order valence-electron chi connectivity index (χ4n) is 3.45. The number of nitrogens with zero attached hydrogens (tertiary/aromatic N) is 5. The summed E-state index contributed by atoms with van der Waals surface area (Å²) >= 11 is 3.44. The van der Waals surface area contributed by atoms with E-state index >= 15 is 0 Å². The lowest BCUT2D eigenvalue weighted by Crippen LogP contribution is -2.23. The Labute approximate surface area is 137 Å². The summed E-state index contributed by atoms with van der Waals surface area (Å²) in [4.78, 5) is 7.04. The highest BCUT2D eigenvalue weighted by Gasteiger charge is 2.28. The highest BCUT2D eigenvalue weighted by atomic mass is 79.9. The molecule has 6 heteroatoms. The molecule has 1 aliphatic heterocycles. The number of hydrogen-bond acceptors (Lipinski definition) is 4. The van der Waals surface area contributed by atoms with Gasteiger partial charge in [0.05, 0.1) is 22.3 Å². The molecule has 1 atom stereocenters. The van der Waals surface area contributed by atoms with Crippen molar-refractivity contribution >= 4 is 21.7 Å². The third-order valence-electron chi connectivity index (χ3n) is 4.56. The summed E-state index contributed by atoms with van der Waals surface area (Å²) in [5.41, 5.74) is 3.15. The molecule has 0 N–H and O–H groups in total. The average Bonchev–Trinajstić information content (AvgIpc) is 3.25. The normalized spacial score (nSPS) is 20.2. The zero-order valence-corrected chi connectivity index (χ0v) is 13.8. The second-order valence-electron chi connectivity index (χ2n) is 5.96. The summed E-state index contributed by atoms with van der Waals surface area (Å²) in [6.07, 6.45) is 8.10. The predicted molar refractivity (Wildman–Crippen MR) is 86.8 cm³/mol. The highest BCUT2D eigenvalue weighted by molar-refractivity contribution is 9.10. The topological polar surface area (TPSA) is 57.7 Å². The van der Waals surface area contributed by atoms with Gasteiger partial charge in [0, 0.05) is 25.0 Å². The van der Waals surface area contributed by atoms with Gasteiger partial charge in [-0.3, -0.25) is 4.68 Å². The molecule has 1 saturated heterocycles. The molecule has 2 aromatic rings. The number of halogens is 1. The Balaban J connectivity index is 1.62. The maximum absolute atomic E-state index is 9.46. The van der Waals surface area contributed by atoms with E-state index in [4.69, 9.17) is 4.98 Å². The summed E-state index contributed by atoms with van der Waals surface area (Å²) in [6.45, 7) is 1.77. The van der Waals surface area contributed by atoms with Crippen molar-refractivity contribution in [1.29, 1.82) is 5.26 Å². The SMILES string of the molecule is N#Cc1cc2c(nc1N1CCC(n3cc(Br)cn3)C1)CCC2. The first kappa shape index (κ1) is 13.8. The van der Waals surface area contributed by atoms with Gasteiger partial charge < -0.3 is 4.90 Å². The van der Waals surface area contributed by atoms with Crippen LogP contribution >= 0.6 is 15.9 Å². The Morgan fingerprint density at radius 1 is 1.36 bits per heavy atom. The molecule has 0 bridgehead atoms. The van der Waals surface area contributed by atoms with Gasteiger partial charge in [-0.2, -0.15) is 10.4 Å². The number of rotatable bonds is 2. The van der Waals surface area contributed by atoms with Crippen molar-refractivity contribution in [2.45, 2.75) is 31.7 Å². The number of anilines is 1. The van der Waals surface area contributed by atoms with Crippen molar-refractivity contribution in [3.05, 3.63) is 39.8 Å². The van der Waals surface area contributed by atoms with Crippen molar-refractivity contribution < 1.29 is 0 Å². The Morgan fingerprint density at radius 2 is 2.27 bits per heavy atom. The van der Waals surface area contributed by atoms with Crippen LogP contribution in [0.3, 0.4) is 0 Å². The van der Waals surface area contributed by atoms with Crippen molar-refractivity contribution in [3.8, 4) is 6.07 Å². The average molecular weight is 358 g/mol. The van der Waals surface area contributed by atoms with Crippen LogP contribution < -0.4 is 4.90 Å². The van der Waals surface area contributed by atoms with Crippen LogP contribution in [0.1, 0.15) is 35.7 Å². The van der Waals surface area contributed by atoms with Crippen molar-refractivity contribution in [1.82, 2.24) is 14.8 Å². The van der Waals surface area contributed by atoms with E-state index in [1.54, 1.807) is 0 Å². The molecule has 1 aliphatic carbocycles. The summed E-state index contributed by atoms with van der Waals surface area (Å²) in [5.74, 6) is 0.858. The second-order valence-corrected chi connectivity index (χ2v) is 6.87. The van der Waals surface area contributed by atoms with Gasteiger partial charge in [-0.05, 0) is 53.2 Å². The molecule has 3 heterocycles. The van der Waals surface area contributed by atoms with Gasteiger partial charge in [0.2, 0.25) is 0 Å². The van der Waals surface area contributed by atoms with Crippen LogP contribution in [0.5, 0.6) is 0 Å². The Kier molecular flexibility index (Phi) is 3.38. The molecule has 22 heavy (non-hydrogen) atoms. The molecule has 4 rings (SSSR count). The minimum absolute atomic E-state index is 0.341. The first-order valence-electron chi connectivity index (χ1n) is 7.62. The quantitative estimate of drug-likeness (QED) is 0.828. The standard InChI is InChI=1S/C16H16BrN5/c17-13-8-19-22(9-13)14-4-5-21(10-14)16-12(7-18)6-11-2-1-3-15(11)20-16/h6,8-9,14H,1-5,10H2. The van der Waals surface area contributed by atoms with Gasteiger partial charge in [-0.25, -0.2) is 4.98 Å². The molecular weight excluding hydrogens is 342 g/mol. The molecule has 2 aromatic heterocycles. The predicted octanol–water partition coefficient (Wildman–Crippen LogP) is 2.85. The van der Waals surface area contributed by atoms with Crippen LogP contribution in [0.15, 0.2) is 22.9 Å². The summed E-state index contributed by atoms with van der Waals surface area (Å²) in [7, 11) is 0. The molecule has 1 fully saturated rings. The van der Waals surface area contributed by atoms with Crippen LogP contribution in [-0.4, -0.2) is 27.9 Å². The Hall–Kier alpha value is -1.87. The van der Waals surface area contributed by atoms with Gasteiger partial charge in [-0.1, -0.05) is 0 Å². The maximum atomic E-state index is 9.46. The fraction of sp³-hybridized carbons (Fsp3) is 0.438. The molecule has 1 unspecified atom stereocenters. The highest BCUT2D eigenvalue weighted by Crippen LogP contribution is 2.31. The maximum Gasteiger partial charge on any atom is 0.146 e. The third-order valence-corrected chi connectivity index (χ3v) is 4.97. The molecule has 0 amide bonds. The molecule has 2 aliphatic rings. The van der Waals surface area contributed by atoms with E-state index in [2.05, 4.69) is 32.0 Å². The Morgan fingerprint density at radius 3 is 3.05 bits per heavy atom. The molecule has 0 radical (unpaired) electrons. The van der Waals surface area contributed by atoms with E-state index in [0.29, 0.717) is 11.6 Å². The molecule has 0 saturated carbocycles. The minimum atomic E-state index is 0.341. The number of fused-ring (bicyclic) bond motifs is 1. The third kappa shape index (κ3) is 2.30.